The fraction of sp³-hybridized carbons (Fsp3) is 0.462. The third-order valence-corrected chi connectivity index (χ3v) is 3.47. The molecule has 0 spiro atoms. The van der Waals surface area contributed by atoms with Gasteiger partial charge in [-0.05, 0) is 13.0 Å². The summed E-state index contributed by atoms with van der Waals surface area (Å²) in [5, 5.41) is 2.29. The highest BCUT2D eigenvalue weighted by molar-refractivity contribution is 6.44. The second-order valence-electron chi connectivity index (χ2n) is 5.61. The lowest BCUT2D eigenvalue weighted by Crippen LogP contribution is -2.61. The van der Waals surface area contributed by atoms with Gasteiger partial charge in [-0.1, -0.05) is 0 Å². The molecule has 6 nitrogen and oxygen atoms in total. The lowest BCUT2D eigenvalue weighted by Gasteiger charge is -2.44. The summed E-state index contributed by atoms with van der Waals surface area (Å²) in [4.78, 5) is 35.2. The van der Waals surface area contributed by atoms with Crippen LogP contribution in [0.5, 0.6) is 0 Å². The number of hydrogen-bond acceptors (Lipinski definition) is 3. The van der Waals surface area contributed by atoms with Crippen LogP contribution in [0.15, 0.2) is 12.3 Å². The lowest BCUT2D eigenvalue weighted by molar-refractivity contribution is -0.140. The molecule has 0 unspecified atom stereocenters. The number of ketones is 1. The molecule has 1 heterocycles. The minimum Gasteiger partial charge on any atom is -0.364 e. The number of Topliss-reactive ketones (excluding diaryl/α,β-unsaturated/α-hetero) is 1. The maximum atomic E-state index is 12.9. The molecule has 0 aromatic carbocycles. The highest BCUT2D eigenvalue weighted by atomic mass is 19.3. The van der Waals surface area contributed by atoms with E-state index in [4.69, 9.17) is 5.73 Å². The lowest BCUT2D eigenvalue weighted by atomic mass is 9.75. The normalized spacial score (nSPS) is 18.7. The van der Waals surface area contributed by atoms with Crippen molar-refractivity contribution < 1.29 is 23.2 Å². The molecule has 0 radical (unpaired) electrons. The zero-order chi connectivity index (χ0) is 16.0. The van der Waals surface area contributed by atoms with Gasteiger partial charge in [0.1, 0.15) is 5.69 Å². The Labute approximate surface area is 119 Å². The fourth-order valence-corrected chi connectivity index (χ4v) is 2.65. The van der Waals surface area contributed by atoms with Crippen LogP contribution in [0.3, 0.4) is 0 Å². The van der Waals surface area contributed by atoms with Gasteiger partial charge in [-0.2, -0.15) is 0 Å². The van der Waals surface area contributed by atoms with Crippen LogP contribution in [0.25, 0.3) is 0 Å². The van der Waals surface area contributed by atoms with Crippen molar-refractivity contribution >= 4 is 17.6 Å². The summed E-state index contributed by atoms with van der Waals surface area (Å²) in [5.74, 6) is -5.67. The van der Waals surface area contributed by atoms with Gasteiger partial charge in [0.15, 0.2) is 0 Å². The molecule has 1 fully saturated rings. The first kappa shape index (κ1) is 15.1. The molecule has 1 saturated carbocycles. The zero-order valence-electron chi connectivity index (χ0n) is 11.6. The number of halogens is 2. The first-order chi connectivity index (χ1) is 9.55. The summed E-state index contributed by atoms with van der Waals surface area (Å²) in [6.07, 6.45) is 0.382. The minimum atomic E-state index is -2.82. The van der Waals surface area contributed by atoms with Crippen LogP contribution < -0.4 is 11.1 Å². The first-order valence-corrected chi connectivity index (χ1v) is 6.24. The zero-order valence-corrected chi connectivity index (χ0v) is 11.6. The molecule has 114 valence electrons. The molecule has 8 heteroatoms. The van der Waals surface area contributed by atoms with Crippen LogP contribution in [0, 0.1) is 0 Å². The number of hydrogen-bond donors (Lipinski definition) is 2. The van der Waals surface area contributed by atoms with Crippen molar-refractivity contribution in [3.8, 4) is 0 Å². The maximum Gasteiger partial charge on any atom is 0.292 e. The standard InChI is InChI=1S/C13H15F2N3O3/c1-12(5-13(14,15)6-12)17-11(21)9(19)7-3-4-18(2)8(7)10(16)20/h3-4H,5-6H2,1-2H3,(H2,16,20)(H,17,21). The van der Waals surface area contributed by atoms with E-state index in [2.05, 4.69) is 5.32 Å². The molecule has 0 atom stereocenters. The summed E-state index contributed by atoms with van der Waals surface area (Å²) in [6.45, 7) is 1.44. The number of nitrogens with two attached hydrogens (primary N) is 1. The Balaban J connectivity index is 2.14. The average molecular weight is 299 g/mol. The van der Waals surface area contributed by atoms with Crippen LogP contribution in [-0.4, -0.2) is 33.6 Å². The number of carbonyl (C=O) groups is 3. The molecule has 1 aromatic rings. The average Bonchev–Trinajstić information content (AvgIpc) is 2.66. The number of amides is 2. The Morgan fingerprint density at radius 3 is 2.38 bits per heavy atom. The van der Waals surface area contributed by atoms with Gasteiger partial charge in [0.25, 0.3) is 23.5 Å². The Kier molecular flexibility index (Phi) is 3.35. The first-order valence-electron chi connectivity index (χ1n) is 6.24. The topological polar surface area (TPSA) is 94.2 Å². The van der Waals surface area contributed by atoms with Crippen LogP contribution in [0.2, 0.25) is 0 Å². The van der Waals surface area contributed by atoms with Crippen LogP contribution in [0.1, 0.15) is 40.6 Å². The van der Waals surface area contributed by atoms with Crippen molar-refractivity contribution in [1.82, 2.24) is 9.88 Å². The predicted octanol–water partition coefficient (Wildman–Crippen LogP) is 0.611. The number of rotatable bonds is 4. The van der Waals surface area contributed by atoms with E-state index in [0.29, 0.717) is 0 Å². The van der Waals surface area contributed by atoms with E-state index in [-0.39, 0.29) is 11.3 Å². The molecular formula is C13H15F2N3O3. The van der Waals surface area contributed by atoms with E-state index in [9.17, 15) is 23.2 Å². The van der Waals surface area contributed by atoms with E-state index in [1.165, 1.54) is 30.8 Å². The van der Waals surface area contributed by atoms with E-state index < -0.39 is 41.9 Å². The molecule has 1 aliphatic rings. The van der Waals surface area contributed by atoms with E-state index in [0.717, 1.165) is 0 Å². The van der Waals surface area contributed by atoms with Crippen molar-refractivity contribution in [3.05, 3.63) is 23.5 Å². The van der Waals surface area contributed by atoms with Gasteiger partial charge in [-0.15, -0.1) is 0 Å². The fourth-order valence-electron chi connectivity index (χ4n) is 2.65. The Morgan fingerprint density at radius 2 is 1.90 bits per heavy atom. The Hall–Kier alpha value is -2.25. The summed E-state index contributed by atoms with van der Waals surface area (Å²) >= 11 is 0. The number of aromatic nitrogens is 1. The number of primary amides is 1. The molecule has 3 N–H and O–H groups in total. The van der Waals surface area contributed by atoms with Gasteiger partial charge < -0.3 is 15.6 Å². The molecule has 0 saturated heterocycles. The summed E-state index contributed by atoms with van der Waals surface area (Å²) in [6, 6.07) is 1.29. The molecule has 1 aromatic heterocycles. The van der Waals surface area contributed by atoms with Crippen LogP contribution in [-0.2, 0) is 11.8 Å². The summed E-state index contributed by atoms with van der Waals surface area (Å²) < 4.78 is 27.1. The Bertz CT molecular complexity index is 629. The largest absolute Gasteiger partial charge is 0.364 e. The van der Waals surface area contributed by atoms with Gasteiger partial charge >= 0.3 is 0 Å². The van der Waals surface area contributed by atoms with Crippen molar-refractivity contribution in [3.63, 3.8) is 0 Å². The van der Waals surface area contributed by atoms with Crippen molar-refractivity contribution in [1.29, 1.82) is 0 Å². The van der Waals surface area contributed by atoms with Gasteiger partial charge in [0.05, 0.1) is 5.56 Å². The number of aryl methyl sites for hydroxylation is 1. The SMILES string of the molecule is Cn1ccc(C(=O)C(=O)NC2(C)CC(F)(F)C2)c1C(N)=O. The van der Waals surface area contributed by atoms with Crippen LogP contribution >= 0.6 is 0 Å². The minimum absolute atomic E-state index is 0.0979. The quantitative estimate of drug-likeness (QED) is 0.630. The van der Waals surface area contributed by atoms with Crippen molar-refractivity contribution in [2.45, 2.75) is 31.2 Å². The van der Waals surface area contributed by atoms with Gasteiger partial charge in [-0.25, -0.2) is 8.78 Å². The van der Waals surface area contributed by atoms with Gasteiger partial charge in [-0.3, -0.25) is 14.4 Å². The molecule has 0 bridgehead atoms. The molecule has 2 rings (SSSR count). The van der Waals surface area contributed by atoms with E-state index >= 15 is 0 Å². The number of nitrogens with one attached hydrogen (secondary N) is 1. The van der Waals surface area contributed by atoms with Gasteiger partial charge in [0.2, 0.25) is 0 Å². The monoisotopic (exact) mass is 299 g/mol. The maximum absolute atomic E-state index is 12.9. The number of carbonyl (C=O) groups excluding carboxylic acids is 3. The highest BCUT2D eigenvalue weighted by Gasteiger charge is 2.54. The van der Waals surface area contributed by atoms with Crippen molar-refractivity contribution in [2.75, 3.05) is 0 Å². The second kappa shape index (κ2) is 4.64. The molecular weight excluding hydrogens is 284 g/mol. The molecule has 0 aliphatic heterocycles. The number of alkyl halides is 2. The highest BCUT2D eigenvalue weighted by Crippen LogP contribution is 2.45. The molecule has 21 heavy (non-hydrogen) atoms. The Morgan fingerprint density at radius 1 is 1.33 bits per heavy atom. The number of nitrogens with zero attached hydrogens (tertiary/aromatic N) is 1. The smallest absolute Gasteiger partial charge is 0.292 e. The van der Waals surface area contributed by atoms with Crippen LogP contribution in [0.4, 0.5) is 8.78 Å². The summed E-state index contributed by atoms with van der Waals surface area (Å²) in [5.41, 5.74) is 3.80. The molecule has 1 aliphatic carbocycles. The summed E-state index contributed by atoms with van der Waals surface area (Å²) in [7, 11) is 1.50. The van der Waals surface area contributed by atoms with E-state index in [1.54, 1.807) is 0 Å². The molecule has 2 amide bonds. The third kappa shape index (κ3) is 2.79. The second-order valence-corrected chi connectivity index (χ2v) is 5.61. The van der Waals surface area contributed by atoms with Gasteiger partial charge in [0, 0.05) is 31.6 Å². The van der Waals surface area contributed by atoms with E-state index in [1.807, 2.05) is 0 Å². The van der Waals surface area contributed by atoms with Crippen molar-refractivity contribution in [2.24, 2.45) is 12.8 Å². The predicted molar refractivity (Wildman–Crippen MR) is 69.0 cm³/mol. The third-order valence-electron chi connectivity index (χ3n) is 3.47.